The Kier molecular flexibility index (Phi) is 6.25. The third-order valence-corrected chi connectivity index (χ3v) is 6.00. The Balaban J connectivity index is 1.47. The summed E-state index contributed by atoms with van der Waals surface area (Å²) in [6, 6.07) is 8.55. The molecule has 1 amide bonds. The molecule has 2 heterocycles. The molecule has 27 heavy (non-hydrogen) atoms. The van der Waals surface area contributed by atoms with Crippen LogP contribution in [0.4, 0.5) is 0 Å². The van der Waals surface area contributed by atoms with Crippen molar-refractivity contribution < 1.29 is 13.2 Å². The van der Waals surface area contributed by atoms with Gasteiger partial charge in [-0.2, -0.15) is 5.10 Å². The average molecular weight is 391 g/mol. The predicted molar refractivity (Wildman–Crippen MR) is 102 cm³/mol. The van der Waals surface area contributed by atoms with E-state index in [9.17, 15) is 13.2 Å². The molecule has 1 aliphatic heterocycles. The van der Waals surface area contributed by atoms with E-state index in [1.54, 1.807) is 30.3 Å². The molecule has 0 aliphatic carbocycles. The molecule has 0 bridgehead atoms. The molecule has 1 aliphatic rings. The number of sulfonamides is 1. The average Bonchev–Trinajstić information content (AvgIpc) is 3.16. The zero-order valence-corrected chi connectivity index (χ0v) is 16.1. The van der Waals surface area contributed by atoms with E-state index in [0.717, 1.165) is 31.5 Å². The monoisotopic (exact) mass is 391 g/mol. The summed E-state index contributed by atoms with van der Waals surface area (Å²) in [6.07, 6.45) is 3.94. The predicted octanol–water partition coefficient (Wildman–Crippen LogP) is 0.824. The van der Waals surface area contributed by atoms with Gasteiger partial charge in [-0.3, -0.25) is 9.48 Å². The van der Waals surface area contributed by atoms with Gasteiger partial charge < -0.3 is 10.6 Å². The summed E-state index contributed by atoms with van der Waals surface area (Å²) in [4.78, 5) is 12.4. The second-order valence-electron chi connectivity index (χ2n) is 6.65. The van der Waals surface area contributed by atoms with Crippen molar-refractivity contribution >= 4 is 15.9 Å². The number of aryl methyl sites for hydroxylation is 1. The summed E-state index contributed by atoms with van der Waals surface area (Å²) in [6.45, 7) is 4.05. The van der Waals surface area contributed by atoms with Crippen molar-refractivity contribution in [3.8, 4) is 0 Å². The van der Waals surface area contributed by atoms with Crippen molar-refractivity contribution in [1.82, 2.24) is 25.1 Å². The molecule has 1 unspecified atom stereocenters. The number of hydrogen-bond donors (Lipinski definition) is 3. The van der Waals surface area contributed by atoms with E-state index in [0.29, 0.717) is 5.69 Å². The lowest BCUT2D eigenvalue weighted by molar-refractivity contribution is 0.0948. The van der Waals surface area contributed by atoms with E-state index in [1.807, 2.05) is 17.8 Å². The van der Waals surface area contributed by atoms with Crippen LogP contribution in [0, 0.1) is 6.92 Å². The van der Waals surface area contributed by atoms with Crippen LogP contribution in [0.15, 0.2) is 41.4 Å². The molecule has 1 aromatic heterocycles. The van der Waals surface area contributed by atoms with Crippen LogP contribution in [-0.4, -0.2) is 50.3 Å². The van der Waals surface area contributed by atoms with Gasteiger partial charge in [-0.1, -0.05) is 17.7 Å². The molecule has 9 heteroatoms. The van der Waals surface area contributed by atoms with Gasteiger partial charge in [0.25, 0.3) is 5.91 Å². The number of amides is 1. The van der Waals surface area contributed by atoms with Gasteiger partial charge in [0, 0.05) is 25.8 Å². The summed E-state index contributed by atoms with van der Waals surface area (Å²) < 4.78 is 28.7. The first kappa shape index (κ1) is 19.5. The van der Waals surface area contributed by atoms with Gasteiger partial charge >= 0.3 is 0 Å². The minimum absolute atomic E-state index is 0.106. The lowest BCUT2D eigenvalue weighted by atomic mass is 10.1. The molecule has 0 spiro atoms. The Hall–Kier alpha value is -2.23. The van der Waals surface area contributed by atoms with Crippen LogP contribution in [0.2, 0.25) is 0 Å². The lowest BCUT2D eigenvalue weighted by Crippen LogP contribution is -2.35. The van der Waals surface area contributed by atoms with Gasteiger partial charge in [0.05, 0.1) is 10.9 Å². The second-order valence-corrected chi connectivity index (χ2v) is 8.41. The van der Waals surface area contributed by atoms with Crippen LogP contribution in [0.5, 0.6) is 0 Å². The molecular formula is C18H25N5O3S. The number of hydrogen-bond acceptors (Lipinski definition) is 5. The van der Waals surface area contributed by atoms with Crippen LogP contribution >= 0.6 is 0 Å². The maximum Gasteiger partial charge on any atom is 0.271 e. The standard InChI is InChI=1S/C18H25N5O3S/c1-14-4-6-16(7-5-14)27(25,26)21-11-10-20-18(24)17-8-12-23(22-17)15-3-2-9-19-13-15/h4-8,12,15,19,21H,2-3,9-11,13H2,1H3,(H,20,24). The van der Waals surface area contributed by atoms with Gasteiger partial charge in [0.15, 0.2) is 0 Å². The Labute approximate surface area is 159 Å². The molecule has 3 rings (SSSR count). The molecule has 1 fully saturated rings. The normalized spacial score (nSPS) is 17.6. The summed E-state index contributed by atoms with van der Waals surface area (Å²) in [5.41, 5.74) is 1.33. The Morgan fingerprint density at radius 3 is 2.74 bits per heavy atom. The fourth-order valence-corrected chi connectivity index (χ4v) is 4.01. The first-order valence-electron chi connectivity index (χ1n) is 9.06. The molecule has 0 radical (unpaired) electrons. The number of nitrogens with zero attached hydrogens (tertiary/aromatic N) is 2. The topological polar surface area (TPSA) is 105 Å². The molecule has 1 saturated heterocycles. The summed E-state index contributed by atoms with van der Waals surface area (Å²) in [7, 11) is -3.58. The molecule has 146 valence electrons. The maximum absolute atomic E-state index is 12.2. The zero-order chi connectivity index (χ0) is 19.3. The smallest absolute Gasteiger partial charge is 0.271 e. The highest BCUT2D eigenvalue weighted by Crippen LogP contribution is 2.15. The van der Waals surface area contributed by atoms with Crippen LogP contribution in [-0.2, 0) is 10.0 Å². The number of carbonyl (C=O) groups is 1. The minimum atomic E-state index is -3.58. The number of aromatic nitrogens is 2. The van der Waals surface area contributed by atoms with Crippen molar-refractivity contribution in [1.29, 1.82) is 0 Å². The molecule has 1 atom stereocenters. The molecule has 3 N–H and O–H groups in total. The Morgan fingerprint density at radius 1 is 1.26 bits per heavy atom. The summed E-state index contributed by atoms with van der Waals surface area (Å²) >= 11 is 0. The number of carbonyl (C=O) groups excluding carboxylic acids is 1. The number of piperidine rings is 1. The zero-order valence-electron chi connectivity index (χ0n) is 15.3. The molecule has 0 saturated carbocycles. The van der Waals surface area contributed by atoms with E-state index in [1.165, 1.54) is 0 Å². The maximum atomic E-state index is 12.2. The SMILES string of the molecule is Cc1ccc(S(=O)(=O)NCCNC(=O)c2ccn(C3CCCNC3)n2)cc1. The first-order valence-corrected chi connectivity index (χ1v) is 10.5. The van der Waals surface area contributed by atoms with E-state index < -0.39 is 10.0 Å². The summed E-state index contributed by atoms with van der Waals surface area (Å²) in [5, 5.41) is 10.4. The highest BCUT2D eigenvalue weighted by Gasteiger charge is 2.18. The highest BCUT2D eigenvalue weighted by atomic mass is 32.2. The number of nitrogens with one attached hydrogen (secondary N) is 3. The van der Waals surface area contributed by atoms with Gasteiger partial charge in [-0.05, 0) is 44.5 Å². The lowest BCUT2D eigenvalue weighted by Gasteiger charge is -2.22. The fraction of sp³-hybridized carbons (Fsp3) is 0.444. The van der Waals surface area contributed by atoms with Crippen molar-refractivity contribution in [3.05, 3.63) is 47.8 Å². The summed E-state index contributed by atoms with van der Waals surface area (Å²) in [5.74, 6) is -0.313. The van der Waals surface area contributed by atoms with Gasteiger partial charge in [-0.15, -0.1) is 0 Å². The van der Waals surface area contributed by atoms with E-state index in [-0.39, 0.29) is 29.9 Å². The van der Waals surface area contributed by atoms with Crippen molar-refractivity contribution in [2.24, 2.45) is 0 Å². The number of rotatable bonds is 7. The van der Waals surface area contributed by atoms with Gasteiger partial charge in [-0.25, -0.2) is 13.1 Å². The van der Waals surface area contributed by atoms with Crippen LogP contribution in [0.1, 0.15) is 34.9 Å². The highest BCUT2D eigenvalue weighted by molar-refractivity contribution is 7.89. The Bertz CT molecular complexity index is 871. The third kappa shape index (κ3) is 5.15. The largest absolute Gasteiger partial charge is 0.349 e. The van der Waals surface area contributed by atoms with E-state index in [4.69, 9.17) is 0 Å². The van der Waals surface area contributed by atoms with E-state index >= 15 is 0 Å². The number of benzene rings is 1. The molecule has 8 nitrogen and oxygen atoms in total. The van der Waals surface area contributed by atoms with Crippen molar-refractivity contribution in [3.63, 3.8) is 0 Å². The van der Waals surface area contributed by atoms with Gasteiger partial charge in [0.2, 0.25) is 10.0 Å². The third-order valence-electron chi connectivity index (χ3n) is 4.52. The Morgan fingerprint density at radius 2 is 2.04 bits per heavy atom. The van der Waals surface area contributed by atoms with Gasteiger partial charge in [0.1, 0.15) is 5.69 Å². The first-order chi connectivity index (χ1) is 13.0. The van der Waals surface area contributed by atoms with Crippen molar-refractivity contribution in [2.75, 3.05) is 26.2 Å². The molecule has 1 aromatic carbocycles. The van der Waals surface area contributed by atoms with Crippen LogP contribution < -0.4 is 15.4 Å². The van der Waals surface area contributed by atoms with E-state index in [2.05, 4.69) is 20.5 Å². The van der Waals surface area contributed by atoms with Crippen molar-refractivity contribution in [2.45, 2.75) is 30.7 Å². The molecule has 2 aromatic rings. The second kappa shape index (κ2) is 8.64. The fourth-order valence-electron chi connectivity index (χ4n) is 2.97. The van der Waals surface area contributed by atoms with Crippen LogP contribution in [0.3, 0.4) is 0 Å². The molecular weight excluding hydrogens is 366 g/mol. The minimum Gasteiger partial charge on any atom is -0.349 e. The van der Waals surface area contributed by atoms with Crippen LogP contribution in [0.25, 0.3) is 0 Å². The quantitative estimate of drug-likeness (QED) is 0.606.